The third-order valence-corrected chi connectivity index (χ3v) is 5.01. The van der Waals surface area contributed by atoms with Gasteiger partial charge in [0.05, 0.1) is 13.9 Å². The van der Waals surface area contributed by atoms with Crippen molar-refractivity contribution in [1.82, 2.24) is 20.4 Å². The molecule has 0 spiro atoms. The molecule has 1 aliphatic rings. The van der Waals surface area contributed by atoms with E-state index in [1.165, 1.54) is 25.8 Å². The van der Waals surface area contributed by atoms with Crippen molar-refractivity contribution in [3.8, 4) is 0 Å². The van der Waals surface area contributed by atoms with E-state index in [0.717, 1.165) is 71.8 Å². The number of halogens is 2. The van der Waals surface area contributed by atoms with Gasteiger partial charge in [-0.05, 0) is 119 Å². The number of hydrogen-bond acceptors (Lipinski definition) is 6. The Labute approximate surface area is 253 Å². The highest BCUT2D eigenvalue weighted by atomic mass is 19.1. The van der Waals surface area contributed by atoms with Crippen LogP contribution < -0.4 is 10.6 Å². The summed E-state index contributed by atoms with van der Waals surface area (Å²) in [5.41, 5.74) is 0. The van der Waals surface area contributed by atoms with Crippen molar-refractivity contribution in [3.63, 3.8) is 0 Å². The fourth-order valence-electron chi connectivity index (χ4n) is 2.23. The van der Waals surface area contributed by atoms with Crippen LogP contribution in [0.2, 0.25) is 0 Å². The lowest BCUT2D eigenvalue weighted by Crippen LogP contribution is -2.15. The largest absolute Gasteiger partial charge is 0.385 e. The van der Waals surface area contributed by atoms with E-state index in [2.05, 4.69) is 90.0 Å². The smallest absolute Gasteiger partial charge is 0.0922 e. The lowest BCUT2D eigenvalue weighted by atomic mass is 9.87. The maximum absolute atomic E-state index is 11.4. The third kappa shape index (κ3) is 98.6. The average molecular weight is 591 g/mol. The number of rotatable bonds is 13. The van der Waals surface area contributed by atoms with Gasteiger partial charge in [-0.15, -0.1) is 0 Å². The molecule has 1 fully saturated rings. The summed E-state index contributed by atoms with van der Waals surface area (Å²) in [5, 5.41) is 6.13. The highest BCUT2D eigenvalue weighted by molar-refractivity contribution is 4.67. The lowest BCUT2D eigenvalue weighted by Gasteiger charge is -2.20. The van der Waals surface area contributed by atoms with Crippen LogP contribution in [0.5, 0.6) is 0 Å². The van der Waals surface area contributed by atoms with Crippen LogP contribution in [0.25, 0.3) is 0 Å². The van der Waals surface area contributed by atoms with E-state index in [0.29, 0.717) is 13.1 Å². The van der Waals surface area contributed by atoms with Crippen LogP contribution in [-0.4, -0.2) is 118 Å². The Morgan fingerprint density at radius 2 is 1.25 bits per heavy atom. The van der Waals surface area contributed by atoms with Gasteiger partial charge in [-0.3, -0.25) is 8.78 Å². The minimum Gasteiger partial charge on any atom is -0.385 e. The van der Waals surface area contributed by atoms with Gasteiger partial charge in [-0.25, -0.2) is 0 Å². The van der Waals surface area contributed by atoms with Crippen molar-refractivity contribution < 1.29 is 18.3 Å². The van der Waals surface area contributed by atoms with Gasteiger partial charge in [0.1, 0.15) is 0 Å². The Morgan fingerprint density at radius 3 is 1.25 bits per heavy atom. The molecule has 40 heavy (non-hydrogen) atoms. The van der Waals surface area contributed by atoms with Crippen LogP contribution in [0.1, 0.15) is 101 Å². The van der Waals surface area contributed by atoms with Crippen LogP contribution >= 0.6 is 0 Å². The monoisotopic (exact) mass is 591 g/mol. The van der Waals surface area contributed by atoms with Crippen LogP contribution in [0, 0.1) is 5.92 Å². The molecule has 0 aromatic carbocycles. The summed E-state index contributed by atoms with van der Waals surface area (Å²) in [6.45, 7) is 28.3. The Kier molecular flexibility index (Phi) is 92.6. The highest BCUT2D eigenvalue weighted by Gasteiger charge is 2.15. The van der Waals surface area contributed by atoms with Crippen molar-refractivity contribution in [2.24, 2.45) is 5.92 Å². The summed E-state index contributed by atoms with van der Waals surface area (Å²) >= 11 is 0. The molecule has 0 bridgehead atoms. The number of alkyl halides is 2. The summed E-state index contributed by atoms with van der Waals surface area (Å²) in [4.78, 5) is 4.43. The first kappa shape index (κ1) is 55.5. The van der Waals surface area contributed by atoms with E-state index in [9.17, 15) is 8.78 Å². The van der Waals surface area contributed by atoms with Crippen molar-refractivity contribution in [3.05, 3.63) is 0 Å². The molecule has 0 heterocycles. The first-order chi connectivity index (χ1) is 19.2. The van der Waals surface area contributed by atoms with E-state index in [-0.39, 0.29) is 6.67 Å². The lowest BCUT2D eigenvalue weighted by molar-refractivity contribution is 0.162. The molecular formula is C32H80F2N4O2. The van der Waals surface area contributed by atoms with Crippen LogP contribution in [-0.2, 0) is 9.47 Å². The summed E-state index contributed by atoms with van der Waals surface area (Å²) in [6, 6.07) is 0. The maximum atomic E-state index is 11.4. The molecule has 1 saturated carbocycles. The topological polar surface area (TPSA) is 49.0 Å². The minimum absolute atomic E-state index is 0.0833. The molecule has 1 aliphatic carbocycles. The first-order valence-corrected chi connectivity index (χ1v) is 15.9. The van der Waals surface area contributed by atoms with Gasteiger partial charge < -0.3 is 29.9 Å². The zero-order chi connectivity index (χ0) is 32.9. The van der Waals surface area contributed by atoms with E-state index >= 15 is 0 Å². The number of hydrogen-bond donors (Lipinski definition) is 2. The zero-order valence-corrected chi connectivity index (χ0v) is 30.4. The van der Waals surface area contributed by atoms with E-state index < -0.39 is 0 Å². The van der Waals surface area contributed by atoms with Gasteiger partial charge >= 0.3 is 0 Å². The fraction of sp³-hybridized carbons (Fsp3) is 1.00. The molecule has 6 nitrogen and oxygen atoms in total. The van der Waals surface area contributed by atoms with Crippen molar-refractivity contribution >= 4 is 0 Å². The van der Waals surface area contributed by atoms with E-state index in [1.54, 1.807) is 7.11 Å². The van der Waals surface area contributed by atoms with Gasteiger partial charge in [0.2, 0.25) is 0 Å². The normalized spacial score (nSPS) is 10.9. The second-order valence-corrected chi connectivity index (χ2v) is 9.08. The molecule has 254 valence electrons. The van der Waals surface area contributed by atoms with Gasteiger partial charge in [-0.2, -0.15) is 0 Å². The predicted molar refractivity (Wildman–Crippen MR) is 181 cm³/mol. The molecular weight excluding hydrogens is 510 g/mol. The SMILES string of the molecule is CCCN(C)C.CCCNC.CCCOC.CCN(C)CC.CCNCC.CCOCC.CF.FCC1CCC1. The van der Waals surface area contributed by atoms with Gasteiger partial charge in [0.25, 0.3) is 0 Å². The summed E-state index contributed by atoms with van der Waals surface area (Å²) in [5.74, 6) is 0.449. The third-order valence-electron chi connectivity index (χ3n) is 5.01. The molecule has 1 rings (SSSR count). The molecule has 0 aliphatic heterocycles. The van der Waals surface area contributed by atoms with Crippen LogP contribution in [0.15, 0.2) is 0 Å². The Morgan fingerprint density at radius 1 is 0.775 bits per heavy atom. The first-order valence-electron chi connectivity index (χ1n) is 15.9. The second-order valence-electron chi connectivity index (χ2n) is 9.08. The van der Waals surface area contributed by atoms with Gasteiger partial charge in [0, 0.05) is 26.9 Å². The molecule has 0 amide bonds. The van der Waals surface area contributed by atoms with Crippen LogP contribution in [0.3, 0.4) is 0 Å². The molecule has 0 unspecified atom stereocenters. The molecule has 2 N–H and O–H groups in total. The Hall–Kier alpha value is -0.380. The summed E-state index contributed by atoms with van der Waals surface area (Å²) in [6.07, 6.45) is 7.14. The quantitative estimate of drug-likeness (QED) is 0.231. The maximum Gasteiger partial charge on any atom is 0.0922 e. The van der Waals surface area contributed by atoms with Crippen molar-refractivity contribution in [2.75, 3.05) is 108 Å². The number of ether oxygens (including phenoxy) is 2. The number of nitrogens with one attached hydrogen (secondary N) is 2. The molecule has 0 aromatic rings. The van der Waals surface area contributed by atoms with Gasteiger partial charge in [0.15, 0.2) is 0 Å². The highest BCUT2D eigenvalue weighted by Crippen LogP contribution is 2.25. The summed E-state index contributed by atoms with van der Waals surface area (Å²) < 4.78 is 30.5. The fourth-order valence-corrected chi connectivity index (χ4v) is 2.23. The zero-order valence-electron chi connectivity index (χ0n) is 30.4. The number of nitrogens with zero attached hydrogens (tertiary/aromatic N) is 2. The average Bonchev–Trinajstić information content (AvgIpc) is 2.93. The standard InChI is InChI=1S/C5H9F.2C5H13N.2C4H11N.2C4H10O.CH3F/c6-4-5-2-1-3-5;1-4-5-6(2)3;1-4-6(3)5-2;1-3-4-5-2;1-3-5-4-2;1-3-4-5-2;1-3-5-4-2;1-2/h5H,1-4H2;2*4-5H2,1-3H3;2*5H,3-4H2,1-2H3;2*3-4H2,1-2H3;1H3. The van der Waals surface area contributed by atoms with Gasteiger partial charge in [-0.1, -0.05) is 54.9 Å². The van der Waals surface area contributed by atoms with E-state index in [1.807, 2.05) is 20.9 Å². The Balaban J connectivity index is -0.0000000630. The van der Waals surface area contributed by atoms with Crippen molar-refractivity contribution in [1.29, 1.82) is 0 Å². The predicted octanol–water partition coefficient (Wildman–Crippen LogP) is 7.57. The van der Waals surface area contributed by atoms with E-state index in [4.69, 9.17) is 9.47 Å². The minimum atomic E-state index is -0.0833. The van der Waals surface area contributed by atoms with Crippen molar-refractivity contribution in [2.45, 2.75) is 101 Å². The number of methoxy groups -OCH3 is 1. The molecule has 0 aromatic heterocycles. The molecule has 0 saturated heterocycles. The molecule has 8 heteroatoms. The second kappa shape index (κ2) is 66.7. The molecule has 0 radical (unpaired) electrons. The molecule has 0 atom stereocenters. The van der Waals surface area contributed by atoms with Crippen LogP contribution in [0.4, 0.5) is 8.78 Å². The Bertz CT molecular complexity index is 272. The summed E-state index contributed by atoms with van der Waals surface area (Å²) in [7, 11) is 10.5.